The van der Waals surface area contributed by atoms with Crippen molar-refractivity contribution in [2.24, 2.45) is 11.8 Å². The molecule has 0 radical (unpaired) electrons. The lowest BCUT2D eigenvalue weighted by molar-refractivity contribution is -0.133. The number of hydrogen-bond donors (Lipinski definition) is 2. The zero-order chi connectivity index (χ0) is 22.0. The molecule has 2 unspecified atom stereocenters. The number of ketones is 1. The Kier molecular flexibility index (Phi) is 10.8. The number of likely N-dealkylation sites (N-methyl/N-ethyl adjacent to an activating group) is 1. The van der Waals surface area contributed by atoms with E-state index >= 15 is 0 Å². The fraction of sp³-hybridized carbons (Fsp3) is 0.864. The van der Waals surface area contributed by atoms with Crippen LogP contribution in [0.2, 0.25) is 0 Å². The van der Waals surface area contributed by atoms with Crippen molar-refractivity contribution < 1.29 is 14.4 Å². The fourth-order valence-electron chi connectivity index (χ4n) is 4.48. The molecule has 7 nitrogen and oxygen atoms in total. The molecule has 1 rings (SSSR count). The molecule has 0 aromatic heterocycles. The second kappa shape index (κ2) is 12.3. The van der Waals surface area contributed by atoms with Crippen molar-refractivity contribution in [2.45, 2.75) is 71.3 Å². The molecule has 0 saturated heterocycles. The zero-order valence-electron chi connectivity index (χ0n) is 19.3. The maximum absolute atomic E-state index is 13.2. The Bertz CT molecular complexity index is 546. The van der Waals surface area contributed by atoms with Gasteiger partial charge in [0.05, 0.1) is 5.92 Å². The summed E-state index contributed by atoms with van der Waals surface area (Å²) in [6.07, 6.45) is 5.58. The summed E-state index contributed by atoms with van der Waals surface area (Å²) in [5.41, 5.74) is -0.120. The largest absolute Gasteiger partial charge is 0.336 e. The highest BCUT2D eigenvalue weighted by Gasteiger charge is 2.33. The molecule has 1 saturated carbocycles. The maximum atomic E-state index is 13.2. The Balaban J connectivity index is 2.81. The summed E-state index contributed by atoms with van der Waals surface area (Å²) in [4.78, 5) is 41.3. The molecule has 0 aromatic rings. The van der Waals surface area contributed by atoms with Gasteiger partial charge >= 0.3 is 6.03 Å². The predicted octanol–water partition coefficient (Wildman–Crippen LogP) is 2.65. The van der Waals surface area contributed by atoms with Gasteiger partial charge < -0.3 is 15.5 Å². The van der Waals surface area contributed by atoms with Crippen LogP contribution in [0.25, 0.3) is 0 Å². The van der Waals surface area contributed by atoms with Crippen LogP contribution in [0.5, 0.6) is 0 Å². The lowest BCUT2D eigenvalue weighted by atomic mass is 9.81. The minimum atomic E-state index is -0.327. The summed E-state index contributed by atoms with van der Waals surface area (Å²) in [7, 11) is 5.86. The van der Waals surface area contributed by atoms with E-state index in [1.807, 2.05) is 28.1 Å². The highest BCUT2D eigenvalue weighted by atomic mass is 16.2. The van der Waals surface area contributed by atoms with Crippen LogP contribution in [0.4, 0.5) is 4.79 Å². The van der Waals surface area contributed by atoms with Crippen LogP contribution in [0.15, 0.2) is 0 Å². The Morgan fingerprint density at radius 3 is 2.34 bits per heavy atom. The van der Waals surface area contributed by atoms with Crippen molar-refractivity contribution in [3.05, 3.63) is 0 Å². The fourth-order valence-corrected chi connectivity index (χ4v) is 4.48. The Hall–Kier alpha value is -1.47. The summed E-state index contributed by atoms with van der Waals surface area (Å²) >= 11 is 0. The number of rotatable bonds is 11. The molecular weight excluding hydrogens is 368 g/mol. The number of carbonyl (C=O) groups is 3. The molecule has 0 aliphatic heterocycles. The minimum Gasteiger partial charge on any atom is -0.336 e. The first kappa shape index (κ1) is 25.6. The van der Waals surface area contributed by atoms with Crippen LogP contribution in [0.3, 0.4) is 0 Å². The van der Waals surface area contributed by atoms with E-state index in [-0.39, 0.29) is 29.3 Å². The summed E-state index contributed by atoms with van der Waals surface area (Å²) in [6.45, 7) is 7.42. The SMILES string of the molecule is CCN(C(=O)NCC(CC)(CC)N(C)C)C(=O)C(CNC)CC1CCCC(=O)C1. The number of nitrogens with one attached hydrogen (secondary N) is 2. The molecular formula is C22H42N4O3. The molecule has 2 atom stereocenters. The molecule has 29 heavy (non-hydrogen) atoms. The number of hydrogen-bond acceptors (Lipinski definition) is 5. The van der Waals surface area contributed by atoms with E-state index in [0.29, 0.717) is 44.7 Å². The second-order valence-electron chi connectivity index (χ2n) is 8.56. The van der Waals surface area contributed by atoms with Gasteiger partial charge in [-0.2, -0.15) is 0 Å². The monoisotopic (exact) mass is 410 g/mol. The van der Waals surface area contributed by atoms with Gasteiger partial charge in [-0.15, -0.1) is 0 Å². The molecule has 0 spiro atoms. The van der Waals surface area contributed by atoms with Crippen LogP contribution < -0.4 is 10.6 Å². The Morgan fingerprint density at radius 2 is 1.86 bits per heavy atom. The van der Waals surface area contributed by atoms with Crippen molar-refractivity contribution in [3.8, 4) is 0 Å². The number of urea groups is 1. The second-order valence-corrected chi connectivity index (χ2v) is 8.56. The molecule has 7 heteroatoms. The summed E-state index contributed by atoms with van der Waals surface area (Å²) in [5, 5.41) is 6.08. The van der Waals surface area contributed by atoms with E-state index in [9.17, 15) is 14.4 Å². The number of nitrogens with zero attached hydrogens (tertiary/aromatic N) is 2. The van der Waals surface area contributed by atoms with Gasteiger partial charge in [-0.3, -0.25) is 14.5 Å². The molecule has 1 aliphatic carbocycles. The zero-order valence-corrected chi connectivity index (χ0v) is 19.3. The van der Waals surface area contributed by atoms with Crippen LogP contribution in [0, 0.1) is 11.8 Å². The molecule has 0 heterocycles. The standard InChI is InChI=1S/C22H42N4O3/c1-7-22(8-2,25(5)6)16-24-21(29)26(9-3)20(28)18(15-23-4)13-17-11-10-12-19(27)14-17/h17-18,23H,7-16H2,1-6H3,(H,24,29). The third kappa shape index (κ3) is 7.07. The highest BCUT2D eigenvalue weighted by molar-refractivity contribution is 5.95. The van der Waals surface area contributed by atoms with E-state index in [4.69, 9.17) is 0 Å². The first-order chi connectivity index (χ1) is 13.7. The summed E-state index contributed by atoms with van der Waals surface area (Å²) in [6, 6.07) is -0.327. The maximum Gasteiger partial charge on any atom is 0.324 e. The first-order valence-corrected chi connectivity index (χ1v) is 11.2. The Morgan fingerprint density at radius 1 is 1.21 bits per heavy atom. The van der Waals surface area contributed by atoms with Crippen molar-refractivity contribution >= 4 is 17.7 Å². The number of amides is 3. The molecule has 3 amide bonds. The van der Waals surface area contributed by atoms with Gasteiger partial charge in [0.2, 0.25) is 5.91 Å². The van der Waals surface area contributed by atoms with Gasteiger partial charge in [-0.1, -0.05) is 13.8 Å². The van der Waals surface area contributed by atoms with Crippen molar-refractivity contribution in [2.75, 3.05) is 40.8 Å². The molecule has 168 valence electrons. The quantitative estimate of drug-likeness (QED) is 0.547. The van der Waals surface area contributed by atoms with Crippen molar-refractivity contribution in [1.29, 1.82) is 0 Å². The third-order valence-corrected chi connectivity index (χ3v) is 6.66. The molecule has 0 aromatic carbocycles. The third-order valence-electron chi connectivity index (χ3n) is 6.66. The van der Waals surface area contributed by atoms with E-state index < -0.39 is 0 Å². The molecule has 0 bridgehead atoms. The van der Waals surface area contributed by atoms with Crippen molar-refractivity contribution in [3.63, 3.8) is 0 Å². The van der Waals surface area contributed by atoms with Crippen LogP contribution in [0.1, 0.15) is 65.7 Å². The van der Waals surface area contributed by atoms with E-state index in [1.54, 1.807) is 0 Å². The van der Waals surface area contributed by atoms with Gasteiger partial charge in [-0.05, 0) is 66.1 Å². The number of Topliss-reactive ketones (excluding diaryl/α,β-unsaturated/α-hetero) is 1. The smallest absolute Gasteiger partial charge is 0.324 e. The van der Waals surface area contributed by atoms with Crippen LogP contribution in [-0.2, 0) is 9.59 Å². The van der Waals surface area contributed by atoms with Gasteiger partial charge in [0.1, 0.15) is 5.78 Å². The van der Waals surface area contributed by atoms with Gasteiger partial charge in [-0.25, -0.2) is 4.79 Å². The lowest BCUT2D eigenvalue weighted by Crippen LogP contribution is -2.55. The van der Waals surface area contributed by atoms with Gasteiger partial charge in [0.25, 0.3) is 0 Å². The van der Waals surface area contributed by atoms with Crippen LogP contribution >= 0.6 is 0 Å². The average molecular weight is 411 g/mol. The molecule has 1 aliphatic rings. The Labute approximate surface area is 177 Å². The average Bonchev–Trinajstić information content (AvgIpc) is 2.69. The van der Waals surface area contributed by atoms with Gasteiger partial charge in [0.15, 0.2) is 0 Å². The van der Waals surface area contributed by atoms with E-state index in [2.05, 4.69) is 29.4 Å². The first-order valence-electron chi connectivity index (χ1n) is 11.2. The summed E-state index contributed by atoms with van der Waals surface area (Å²) in [5.74, 6) is 0.0847. The van der Waals surface area contributed by atoms with E-state index in [0.717, 1.165) is 25.7 Å². The lowest BCUT2D eigenvalue weighted by Gasteiger charge is -2.39. The van der Waals surface area contributed by atoms with Crippen molar-refractivity contribution in [1.82, 2.24) is 20.4 Å². The van der Waals surface area contributed by atoms with Gasteiger partial charge in [0, 0.05) is 38.0 Å². The molecule has 2 N–H and O–H groups in total. The number of imide groups is 1. The normalized spacial score (nSPS) is 18.6. The summed E-state index contributed by atoms with van der Waals surface area (Å²) < 4.78 is 0. The topological polar surface area (TPSA) is 81.8 Å². The van der Waals surface area contributed by atoms with Crippen LogP contribution in [-0.4, -0.2) is 73.8 Å². The molecule has 1 fully saturated rings. The number of carbonyl (C=O) groups excluding carboxylic acids is 3. The predicted molar refractivity (Wildman–Crippen MR) is 117 cm³/mol. The highest BCUT2D eigenvalue weighted by Crippen LogP contribution is 2.28. The van der Waals surface area contributed by atoms with E-state index in [1.165, 1.54) is 4.90 Å². The minimum absolute atomic E-state index is 0.120.